The number of halogens is 1. The maximum absolute atomic E-state index is 13.2. The molecule has 3 nitrogen and oxygen atoms in total. The van der Waals surface area contributed by atoms with Gasteiger partial charge < -0.3 is 10.1 Å². The molecule has 0 heterocycles. The summed E-state index contributed by atoms with van der Waals surface area (Å²) in [4.78, 5) is 0. The molecule has 0 spiro atoms. The van der Waals surface area contributed by atoms with E-state index in [0.717, 1.165) is 16.8 Å². The van der Waals surface area contributed by atoms with Gasteiger partial charge in [0.05, 0.1) is 12.2 Å². The van der Waals surface area contributed by atoms with Crippen LogP contribution in [-0.4, -0.2) is 7.11 Å². The van der Waals surface area contributed by atoms with Gasteiger partial charge in [-0.3, -0.25) is 0 Å². The Kier molecular flexibility index (Phi) is 4.70. The highest BCUT2D eigenvalue weighted by Crippen LogP contribution is 2.14. The molecule has 0 saturated carbocycles. The largest absolute Gasteiger partial charge is 0.381 e. The predicted molar refractivity (Wildman–Crippen MR) is 75.6 cm³/mol. The summed E-state index contributed by atoms with van der Waals surface area (Å²) < 4.78 is 18.3. The minimum absolute atomic E-state index is 0.0671. The van der Waals surface area contributed by atoms with Gasteiger partial charge in [0.15, 0.2) is 0 Å². The number of nitrogens with zero attached hydrogens (tertiary/aromatic N) is 1. The molecule has 0 bridgehead atoms. The van der Waals surface area contributed by atoms with Crippen LogP contribution in [0.5, 0.6) is 0 Å². The Morgan fingerprint density at radius 3 is 2.80 bits per heavy atom. The first-order valence-corrected chi connectivity index (χ1v) is 6.23. The van der Waals surface area contributed by atoms with Crippen molar-refractivity contribution >= 4 is 5.69 Å². The number of benzene rings is 2. The van der Waals surface area contributed by atoms with Crippen LogP contribution >= 0.6 is 0 Å². The molecule has 0 aromatic heterocycles. The van der Waals surface area contributed by atoms with Gasteiger partial charge in [-0.15, -0.1) is 0 Å². The Morgan fingerprint density at radius 1 is 1.20 bits per heavy atom. The van der Waals surface area contributed by atoms with E-state index in [1.807, 2.05) is 30.3 Å². The van der Waals surface area contributed by atoms with Crippen molar-refractivity contribution < 1.29 is 9.13 Å². The summed E-state index contributed by atoms with van der Waals surface area (Å²) in [6.45, 7) is 1.09. The molecule has 4 heteroatoms. The molecule has 0 atom stereocenters. The molecule has 102 valence electrons. The third-order valence-electron chi connectivity index (χ3n) is 2.89. The molecule has 0 fully saturated rings. The van der Waals surface area contributed by atoms with Crippen LogP contribution in [0.25, 0.3) is 0 Å². The lowest BCUT2D eigenvalue weighted by Gasteiger charge is -2.09. The highest BCUT2D eigenvalue weighted by atomic mass is 19.1. The van der Waals surface area contributed by atoms with Crippen LogP contribution in [0.1, 0.15) is 16.7 Å². The quantitative estimate of drug-likeness (QED) is 0.905. The molecule has 2 aromatic carbocycles. The topological polar surface area (TPSA) is 45.0 Å². The first-order valence-electron chi connectivity index (χ1n) is 6.23. The average Bonchev–Trinajstić information content (AvgIpc) is 2.47. The third kappa shape index (κ3) is 3.56. The van der Waals surface area contributed by atoms with Crippen molar-refractivity contribution in [1.82, 2.24) is 0 Å². The zero-order valence-electron chi connectivity index (χ0n) is 11.2. The zero-order chi connectivity index (χ0) is 14.4. The summed E-state index contributed by atoms with van der Waals surface area (Å²) in [6.07, 6.45) is 0. The number of anilines is 1. The van der Waals surface area contributed by atoms with Crippen LogP contribution in [0.15, 0.2) is 42.5 Å². The van der Waals surface area contributed by atoms with Crippen LogP contribution in [0, 0.1) is 17.1 Å². The van der Waals surface area contributed by atoms with E-state index >= 15 is 0 Å². The van der Waals surface area contributed by atoms with E-state index < -0.39 is 5.82 Å². The van der Waals surface area contributed by atoms with Crippen molar-refractivity contribution in [2.75, 3.05) is 12.4 Å². The van der Waals surface area contributed by atoms with Gasteiger partial charge >= 0.3 is 0 Å². The van der Waals surface area contributed by atoms with E-state index in [4.69, 9.17) is 10.00 Å². The molecule has 0 saturated heterocycles. The smallest absolute Gasteiger partial charge is 0.140 e. The number of nitriles is 1. The van der Waals surface area contributed by atoms with Gasteiger partial charge in [0.25, 0.3) is 0 Å². The lowest BCUT2D eigenvalue weighted by atomic mass is 10.1. The summed E-state index contributed by atoms with van der Waals surface area (Å²) in [5.41, 5.74) is 2.97. The van der Waals surface area contributed by atoms with Crippen LogP contribution in [-0.2, 0) is 17.9 Å². The second-order valence-electron chi connectivity index (χ2n) is 4.41. The second kappa shape index (κ2) is 6.69. The minimum atomic E-state index is -0.488. The van der Waals surface area contributed by atoms with Gasteiger partial charge in [-0.05, 0) is 35.4 Å². The highest BCUT2D eigenvalue weighted by Gasteiger charge is 2.03. The Balaban J connectivity index is 2.05. The molecule has 0 amide bonds. The van der Waals surface area contributed by atoms with E-state index in [-0.39, 0.29) is 5.56 Å². The summed E-state index contributed by atoms with van der Waals surface area (Å²) >= 11 is 0. The Labute approximate surface area is 117 Å². The molecule has 0 radical (unpaired) electrons. The van der Waals surface area contributed by atoms with E-state index in [9.17, 15) is 4.39 Å². The molecule has 20 heavy (non-hydrogen) atoms. The minimum Gasteiger partial charge on any atom is -0.381 e. The van der Waals surface area contributed by atoms with Gasteiger partial charge in [-0.2, -0.15) is 5.26 Å². The fourth-order valence-electron chi connectivity index (χ4n) is 1.91. The van der Waals surface area contributed by atoms with Crippen molar-refractivity contribution in [2.45, 2.75) is 13.2 Å². The molecule has 0 aliphatic carbocycles. The van der Waals surface area contributed by atoms with Crippen molar-refractivity contribution in [1.29, 1.82) is 5.26 Å². The summed E-state index contributed by atoms with van der Waals surface area (Å²) in [7, 11) is 1.65. The molecule has 2 rings (SSSR count). The fraction of sp³-hybridized carbons (Fsp3) is 0.188. The summed E-state index contributed by atoms with van der Waals surface area (Å²) in [5, 5.41) is 12.0. The Bertz CT molecular complexity index is 635. The van der Waals surface area contributed by atoms with Crippen LogP contribution in [0.4, 0.5) is 10.1 Å². The van der Waals surface area contributed by atoms with Crippen molar-refractivity contribution in [3.8, 4) is 6.07 Å². The number of nitrogens with one attached hydrogen (secondary N) is 1. The van der Waals surface area contributed by atoms with Gasteiger partial charge in [0.2, 0.25) is 0 Å². The summed E-state index contributed by atoms with van der Waals surface area (Å²) in [5.74, 6) is -0.488. The third-order valence-corrected chi connectivity index (χ3v) is 2.89. The Hall–Kier alpha value is -2.38. The van der Waals surface area contributed by atoms with Crippen LogP contribution < -0.4 is 5.32 Å². The number of ether oxygens (including phenoxy) is 1. The van der Waals surface area contributed by atoms with E-state index in [0.29, 0.717) is 13.2 Å². The van der Waals surface area contributed by atoms with Crippen molar-refractivity contribution in [3.05, 3.63) is 65.0 Å². The van der Waals surface area contributed by atoms with Crippen LogP contribution in [0.2, 0.25) is 0 Å². The highest BCUT2D eigenvalue weighted by molar-refractivity contribution is 5.46. The number of rotatable bonds is 5. The lowest BCUT2D eigenvalue weighted by molar-refractivity contribution is 0.185. The first-order chi connectivity index (χ1) is 9.72. The molecular formula is C16H15FN2O. The summed E-state index contributed by atoms with van der Waals surface area (Å²) in [6, 6.07) is 14.3. The first kappa shape index (κ1) is 14.0. The number of hydrogen-bond donors (Lipinski definition) is 1. The zero-order valence-corrected chi connectivity index (χ0v) is 11.2. The monoisotopic (exact) mass is 270 g/mol. The number of hydrogen-bond acceptors (Lipinski definition) is 3. The fourth-order valence-corrected chi connectivity index (χ4v) is 1.91. The van der Waals surface area contributed by atoms with Gasteiger partial charge in [0, 0.05) is 19.3 Å². The lowest BCUT2D eigenvalue weighted by Crippen LogP contribution is -2.01. The second-order valence-corrected chi connectivity index (χ2v) is 4.41. The molecule has 1 N–H and O–H groups in total. The Morgan fingerprint density at radius 2 is 2.05 bits per heavy atom. The normalized spacial score (nSPS) is 10.1. The van der Waals surface area contributed by atoms with Gasteiger partial charge in [0.1, 0.15) is 11.9 Å². The maximum atomic E-state index is 13.2. The van der Waals surface area contributed by atoms with E-state index in [1.54, 1.807) is 19.2 Å². The molecular weight excluding hydrogens is 255 g/mol. The molecule has 0 unspecified atom stereocenters. The van der Waals surface area contributed by atoms with Crippen molar-refractivity contribution in [2.24, 2.45) is 0 Å². The molecule has 0 aliphatic heterocycles. The average molecular weight is 270 g/mol. The van der Waals surface area contributed by atoms with E-state index in [2.05, 4.69) is 5.32 Å². The standard InChI is InChI=1S/C16H15FN2O/c1-20-11-13-3-2-4-15(8-13)19-10-12-5-6-16(17)14(7-12)9-18/h2-8,19H,10-11H2,1H3. The van der Waals surface area contributed by atoms with E-state index in [1.165, 1.54) is 6.07 Å². The number of methoxy groups -OCH3 is 1. The maximum Gasteiger partial charge on any atom is 0.140 e. The van der Waals surface area contributed by atoms with Crippen LogP contribution in [0.3, 0.4) is 0 Å². The predicted octanol–water partition coefficient (Wildman–Crippen LogP) is 3.46. The molecule has 2 aromatic rings. The van der Waals surface area contributed by atoms with Gasteiger partial charge in [-0.1, -0.05) is 18.2 Å². The molecule has 0 aliphatic rings. The SMILES string of the molecule is COCc1cccc(NCc2ccc(F)c(C#N)c2)c1. The van der Waals surface area contributed by atoms with Crippen molar-refractivity contribution in [3.63, 3.8) is 0 Å². The van der Waals surface area contributed by atoms with Gasteiger partial charge in [-0.25, -0.2) is 4.39 Å².